The second kappa shape index (κ2) is 7.00. The third-order valence-corrected chi connectivity index (χ3v) is 5.15. The minimum absolute atomic E-state index is 0.109. The van der Waals surface area contributed by atoms with Crippen LogP contribution >= 0.6 is 0 Å². The number of hydrogen-bond acceptors (Lipinski definition) is 4. The summed E-state index contributed by atoms with van der Waals surface area (Å²) in [4.78, 5) is 17.2. The van der Waals surface area contributed by atoms with Gasteiger partial charge in [0.25, 0.3) is 5.91 Å². The molecule has 0 atom stereocenters. The van der Waals surface area contributed by atoms with Gasteiger partial charge in [-0.05, 0) is 27.7 Å². The standard InChI is InChI=1S/C18H28N6O/c1-6-24-12-16(13(2)20-24)11-22-7-9-23(10-8-22)18(25)17-14(3)19-21(5)15(17)4/h12H,6-11H2,1-5H3. The predicted molar refractivity (Wildman–Crippen MR) is 96.5 cm³/mol. The largest absolute Gasteiger partial charge is 0.336 e. The van der Waals surface area contributed by atoms with Crippen molar-refractivity contribution in [3.63, 3.8) is 0 Å². The Labute approximate surface area is 149 Å². The van der Waals surface area contributed by atoms with Crippen LogP contribution in [0.25, 0.3) is 0 Å². The number of piperazine rings is 1. The van der Waals surface area contributed by atoms with Crippen LogP contribution in [-0.2, 0) is 20.1 Å². The Morgan fingerprint density at radius 1 is 1.08 bits per heavy atom. The highest BCUT2D eigenvalue weighted by atomic mass is 16.2. The average Bonchev–Trinajstić information content (AvgIpc) is 3.07. The number of rotatable bonds is 4. The molecule has 0 spiro atoms. The smallest absolute Gasteiger partial charge is 0.257 e. The Morgan fingerprint density at radius 2 is 1.76 bits per heavy atom. The van der Waals surface area contributed by atoms with Gasteiger partial charge in [0.2, 0.25) is 0 Å². The third kappa shape index (κ3) is 3.46. The second-order valence-electron chi connectivity index (χ2n) is 6.83. The van der Waals surface area contributed by atoms with E-state index in [0.29, 0.717) is 0 Å². The number of amides is 1. The molecule has 1 aliphatic heterocycles. The van der Waals surface area contributed by atoms with Crippen molar-refractivity contribution in [2.45, 2.75) is 40.8 Å². The first-order valence-electron chi connectivity index (χ1n) is 8.95. The van der Waals surface area contributed by atoms with E-state index in [9.17, 15) is 4.79 Å². The fraction of sp³-hybridized carbons (Fsp3) is 0.611. The average molecular weight is 344 g/mol. The van der Waals surface area contributed by atoms with Crippen LogP contribution in [0.3, 0.4) is 0 Å². The van der Waals surface area contributed by atoms with Crippen LogP contribution < -0.4 is 0 Å². The summed E-state index contributed by atoms with van der Waals surface area (Å²) >= 11 is 0. The van der Waals surface area contributed by atoms with Crippen LogP contribution in [0.5, 0.6) is 0 Å². The molecule has 0 aliphatic carbocycles. The molecule has 0 bridgehead atoms. The maximum Gasteiger partial charge on any atom is 0.257 e. The maximum atomic E-state index is 12.9. The van der Waals surface area contributed by atoms with Gasteiger partial charge >= 0.3 is 0 Å². The second-order valence-corrected chi connectivity index (χ2v) is 6.83. The van der Waals surface area contributed by atoms with E-state index in [1.165, 1.54) is 5.56 Å². The normalized spacial score (nSPS) is 15.8. The molecular formula is C18H28N6O. The molecule has 0 radical (unpaired) electrons. The lowest BCUT2D eigenvalue weighted by Crippen LogP contribution is -2.48. The number of carbonyl (C=O) groups is 1. The van der Waals surface area contributed by atoms with Gasteiger partial charge < -0.3 is 4.90 Å². The third-order valence-electron chi connectivity index (χ3n) is 5.15. The first kappa shape index (κ1) is 17.7. The van der Waals surface area contributed by atoms with E-state index in [-0.39, 0.29) is 5.91 Å². The van der Waals surface area contributed by atoms with Gasteiger partial charge in [0.05, 0.1) is 17.0 Å². The molecule has 1 amide bonds. The van der Waals surface area contributed by atoms with Crippen molar-refractivity contribution in [2.75, 3.05) is 26.2 Å². The Balaban J connectivity index is 1.61. The summed E-state index contributed by atoms with van der Waals surface area (Å²) in [5.74, 6) is 0.109. The molecule has 25 heavy (non-hydrogen) atoms. The SMILES string of the molecule is CCn1cc(CN2CCN(C(=O)c3c(C)nn(C)c3C)CC2)c(C)n1. The Morgan fingerprint density at radius 3 is 2.28 bits per heavy atom. The fourth-order valence-electron chi connectivity index (χ4n) is 3.47. The molecule has 2 aromatic rings. The summed E-state index contributed by atoms with van der Waals surface area (Å²) in [6, 6.07) is 0. The molecule has 1 fully saturated rings. The van der Waals surface area contributed by atoms with Gasteiger partial charge in [-0.2, -0.15) is 10.2 Å². The van der Waals surface area contributed by atoms with Gasteiger partial charge in [0, 0.05) is 63.8 Å². The zero-order valence-electron chi connectivity index (χ0n) is 15.9. The molecule has 0 unspecified atom stereocenters. The van der Waals surface area contributed by atoms with Crippen molar-refractivity contribution < 1.29 is 4.79 Å². The molecule has 136 valence electrons. The lowest BCUT2D eigenvalue weighted by atomic mass is 10.1. The molecule has 1 aliphatic rings. The van der Waals surface area contributed by atoms with Gasteiger partial charge in [-0.3, -0.25) is 19.1 Å². The van der Waals surface area contributed by atoms with E-state index in [1.807, 2.05) is 30.5 Å². The molecular weight excluding hydrogens is 316 g/mol. The van der Waals surface area contributed by atoms with E-state index in [1.54, 1.807) is 4.68 Å². The molecule has 1 saturated heterocycles. The van der Waals surface area contributed by atoms with E-state index in [0.717, 1.165) is 61.9 Å². The predicted octanol–water partition coefficient (Wildman–Crippen LogP) is 1.52. The van der Waals surface area contributed by atoms with Crippen LogP contribution in [0.15, 0.2) is 6.20 Å². The van der Waals surface area contributed by atoms with Gasteiger partial charge in [0.1, 0.15) is 0 Å². The molecule has 0 N–H and O–H groups in total. The highest BCUT2D eigenvalue weighted by Crippen LogP contribution is 2.17. The summed E-state index contributed by atoms with van der Waals surface area (Å²) in [6.45, 7) is 13.1. The highest BCUT2D eigenvalue weighted by molar-refractivity contribution is 5.96. The van der Waals surface area contributed by atoms with Crippen LogP contribution in [0.1, 0.15) is 39.9 Å². The lowest BCUT2D eigenvalue weighted by molar-refractivity contribution is 0.0626. The van der Waals surface area contributed by atoms with E-state index < -0.39 is 0 Å². The molecule has 0 aromatic carbocycles. The first-order chi connectivity index (χ1) is 11.9. The van der Waals surface area contributed by atoms with Crippen LogP contribution in [0.4, 0.5) is 0 Å². The number of carbonyl (C=O) groups excluding carboxylic acids is 1. The van der Waals surface area contributed by atoms with Gasteiger partial charge in [-0.15, -0.1) is 0 Å². The topological polar surface area (TPSA) is 59.2 Å². The van der Waals surface area contributed by atoms with E-state index >= 15 is 0 Å². The maximum absolute atomic E-state index is 12.9. The summed E-state index contributed by atoms with van der Waals surface area (Å²) in [7, 11) is 1.88. The Bertz CT molecular complexity index is 767. The van der Waals surface area contributed by atoms with Crippen molar-refractivity contribution in [3.8, 4) is 0 Å². The molecule has 2 aromatic heterocycles. The summed E-state index contributed by atoms with van der Waals surface area (Å²) in [5.41, 5.74) is 4.89. The van der Waals surface area contributed by atoms with Gasteiger partial charge in [-0.1, -0.05) is 0 Å². The Kier molecular flexibility index (Phi) is 4.94. The molecule has 3 rings (SSSR count). The first-order valence-corrected chi connectivity index (χ1v) is 8.95. The molecule has 7 heteroatoms. The van der Waals surface area contributed by atoms with Crippen molar-refractivity contribution in [1.29, 1.82) is 0 Å². The molecule has 3 heterocycles. The molecule has 0 saturated carbocycles. The van der Waals surface area contributed by atoms with Gasteiger partial charge in [0.15, 0.2) is 0 Å². The van der Waals surface area contributed by atoms with Crippen molar-refractivity contribution in [2.24, 2.45) is 7.05 Å². The lowest BCUT2D eigenvalue weighted by Gasteiger charge is -2.34. The van der Waals surface area contributed by atoms with Gasteiger partial charge in [-0.25, -0.2) is 0 Å². The molecule has 7 nitrogen and oxygen atoms in total. The van der Waals surface area contributed by atoms with Crippen LogP contribution in [0, 0.1) is 20.8 Å². The summed E-state index contributed by atoms with van der Waals surface area (Å²) in [6.07, 6.45) is 2.13. The van der Waals surface area contributed by atoms with Crippen molar-refractivity contribution in [1.82, 2.24) is 29.4 Å². The minimum atomic E-state index is 0.109. The summed E-state index contributed by atoms with van der Waals surface area (Å²) < 4.78 is 3.77. The van der Waals surface area contributed by atoms with E-state index in [2.05, 4.69) is 35.1 Å². The number of aryl methyl sites for hydroxylation is 4. The fourth-order valence-corrected chi connectivity index (χ4v) is 3.47. The zero-order chi connectivity index (χ0) is 18.1. The monoisotopic (exact) mass is 344 g/mol. The van der Waals surface area contributed by atoms with Crippen LogP contribution in [-0.4, -0.2) is 61.4 Å². The highest BCUT2D eigenvalue weighted by Gasteiger charge is 2.26. The number of hydrogen-bond donors (Lipinski definition) is 0. The van der Waals surface area contributed by atoms with Crippen molar-refractivity contribution >= 4 is 5.91 Å². The summed E-state index contributed by atoms with van der Waals surface area (Å²) in [5, 5.41) is 8.88. The van der Waals surface area contributed by atoms with Crippen LogP contribution in [0.2, 0.25) is 0 Å². The quantitative estimate of drug-likeness (QED) is 0.844. The van der Waals surface area contributed by atoms with E-state index in [4.69, 9.17) is 0 Å². The van der Waals surface area contributed by atoms with Crippen molar-refractivity contribution in [3.05, 3.63) is 34.4 Å². The minimum Gasteiger partial charge on any atom is -0.336 e. The zero-order valence-corrected chi connectivity index (χ0v) is 15.9. The number of aromatic nitrogens is 4. The number of nitrogens with zero attached hydrogens (tertiary/aromatic N) is 6. The Hall–Kier alpha value is -2.15.